The SMILES string of the molecule is C=COCCC.CCCC. The third kappa shape index (κ3) is 25.7. The molecule has 0 aromatic heterocycles. The highest BCUT2D eigenvalue weighted by atomic mass is 16.5. The Bertz CT molecular complexity index is 48.7. The molecule has 0 rings (SSSR count). The van der Waals surface area contributed by atoms with Gasteiger partial charge in [-0.3, -0.25) is 0 Å². The Labute approximate surface area is 65.1 Å². The summed E-state index contributed by atoms with van der Waals surface area (Å²) in [4.78, 5) is 0. The van der Waals surface area contributed by atoms with E-state index in [1.807, 2.05) is 0 Å². The van der Waals surface area contributed by atoms with Crippen LogP contribution in [0.1, 0.15) is 40.0 Å². The average Bonchev–Trinajstić information content (AvgIpc) is 2.01. The maximum Gasteiger partial charge on any atom is 0.0870 e. The lowest BCUT2D eigenvalue weighted by molar-refractivity contribution is 0.251. The fourth-order valence-corrected chi connectivity index (χ4v) is 0.201. The van der Waals surface area contributed by atoms with Gasteiger partial charge in [-0.1, -0.05) is 40.2 Å². The van der Waals surface area contributed by atoms with Crippen molar-refractivity contribution in [2.24, 2.45) is 0 Å². The van der Waals surface area contributed by atoms with Crippen molar-refractivity contribution in [1.29, 1.82) is 0 Å². The summed E-state index contributed by atoms with van der Waals surface area (Å²) in [6, 6.07) is 0. The molecule has 0 fully saturated rings. The third-order valence-corrected chi connectivity index (χ3v) is 0.940. The lowest BCUT2D eigenvalue weighted by atomic mass is 10.4. The van der Waals surface area contributed by atoms with Crippen molar-refractivity contribution in [1.82, 2.24) is 0 Å². The highest BCUT2D eigenvalue weighted by Gasteiger charge is 1.68. The summed E-state index contributed by atoms with van der Waals surface area (Å²) in [5, 5.41) is 0. The smallest absolute Gasteiger partial charge is 0.0870 e. The second-order valence-corrected chi connectivity index (χ2v) is 2.04. The molecule has 0 aliphatic heterocycles. The van der Waals surface area contributed by atoms with E-state index in [1.165, 1.54) is 19.1 Å². The van der Waals surface area contributed by atoms with Crippen LogP contribution < -0.4 is 0 Å². The molecule has 0 heterocycles. The van der Waals surface area contributed by atoms with Gasteiger partial charge in [-0.2, -0.15) is 0 Å². The van der Waals surface area contributed by atoms with E-state index < -0.39 is 0 Å². The van der Waals surface area contributed by atoms with E-state index in [2.05, 4.69) is 27.4 Å². The van der Waals surface area contributed by atoms with E-state index in [-0.39, 0.29) is 0 Å². The maximum absolute atomic E-state index is 4.75. The van der Waals surface area contributed by atoms with Crippen molar-refractivity contribution in [2.45, 2.75) is 40.0 Å². The molecule has 0 radical (unpaired) electrons. The molecule has 62 valence electrons. The number of rotatable bonds is 4. The Kier molecular flexibility index (Phi) is 19.4. The molecule has 1 nitrogen and oxygen atoms in total. The minimum absolute atomic E-state index is 0.795. The molecule has 0 spiro atoms. The lowest BCUT2D eigenvalue weighted by Crippen LogP contribution is -1.79. The van der Waals surface area contributed by atoms with Gasteiger partial charge in [-0.25, -0.2) is 0 Å². The van der Waals surface area contributed by atoms with Gasteiger partial charge in [0.05, 0.1) is 12.9 Å². The average molecular weight is 144 g/mol. The molecule has 0 saturated carbocycles. The summed E-state index contributed by atoms with van der Waals surface area (Å²) >= 11 is 0. The zero-order valence-corrected chi connectivity index (χ0v) is 7.52. The largest absolute Gasteiger partial charge is 0.502 e. The quantitative estimate of drug-likeness (QED) is 0.434. The van der Waals surface area contributed by atoms with E-state index in [1.54, 1.807) is 0 Å². The van der Waals surface area contributed by atoms with Gasteiger partial charge in [-0.05, 0) is 6.42 Å². The van der Waals surface area contributed by atoms with Crippen LogP contribution in [0, 0.1) is 0 Å². The maximum atomic E-state index is 4.75. The van der Waals surface area contributed by atoms with E-state index >= 15 is 0 Å². The van der Waals surface area contributed by atoms with Crippen molar-refractivity contribution in [2.75, 3.05) is 6.61 Å². The summed E-state index contributed by atoms with van der Waals surface area (Å²) in [7, 11) is 0. The first-order valence-electron chi connectivity index (χ1n) is 4.05. The van der Waals surface area contributed by atoms with Gasteiger partial charge in [0.2, 0.25) is 0 Å². The van der Waals surface area contributed by atoms with Gasteiger partial charge in [0.15, 0.2) is 0 Å². The van der Waals surface area contributed by atoms with Crippen LogP contribution in [0.2, 0.25) is 0 Å². The molecule has 0 unspecified atom stereocenters. The van der Waals surface area contributed by atoms with Crippen LogP contribution in [0.3, 0.4) is 0 Å². The molecule has 0 aromatic carbocycles. The summed E-state index contributed by atoms with van der Waals surface area (Å²) < 4.78 is 4.75. The second-order valence-electron chi connectivity index (χ2n) is 2.04. The molecule has 0 aliphatic carbocycles. The summed E-state index contributed by atoms with van der Waals surface area (Å²) in [5.74, 6) is 0. The van der Waals surface area contributed by atoms with Gasteiger partial charge in [0.25, 0.3) is 0 Å². The third-order valence-electron chi connectivity index (χ3n) is 0.940. The summed E-state index contributed by atoms with van der Waals surface area (Å²) in [6.07, 6.45) is 5.16. The summed E-state index contributed by atoms with van der Waals surface area (Å²) in [6.45, 7) is 10.6. The minimum Gasteiger partial charge on any atom is -0.502 e. The van der Waals surface area contributed by atoms with Crippen LogP contribution in [0.25, 0.3) is 0 Å². The van der Waals surface area contributed by atoms with Crippen LogP contribution in [0.4, 0.5) is 0 Å². The predicted octanol–water partition coefficient (Wildman–Crippen LogP) is 3.36. The molecular weight excluding hydrogens is 124 g/mol. The van der Waals surface area contributed by atoms with Crippen molar-refractivity contribution in [3.63, 3.8) is 0 Å². The van der Waals surface area contributed by atoms with Gasteiger partial charge in [-0.15, -0.1) is 0 Å². The van der Waals surface area contributed by atoms with Crippen molar-refractivity contribution < 1.29 is 4.74 Å². The van der Waals surface area contributed by atoms with E-state index in [0.29, 0.717) is 0 Å². The Morgan fingerprint density at radius 1 is 1.10 bits per heavy atom. The zero-order chi connectivity index (χ0) is 8.24. The molecule has 0 atom stereocenters. The van der Waals surface area contributed by atoms with Crippen LogP contribution in [-0.4, -0.2) is 6.61 Å². The molecule has 0 N–H and O–H groups in total. The molecule has 10 heavy (non-hydrogen) atoms. The normalized spacial score (nSPS) is 7.50. The molecule has 1 heteroatoms. The van der Waals surface area contributed by atoms with Crippen molar-refractivity contribution in [3.8, 4) is 0 Å². The first-order chi connectivity index (χ1) is 4.83. The van der Waals surface area contributed by atoms with Crippen LogP contribution in [0.5, 0.6) is 0 Å². The number of hydrogen-bond donors (Lipinski definition) is 0. The van der Waals surface area contributed by atoms with Crippen LogP contribution in [0.15, 0.2) is 12.8 Å². The Hall–Kier alpha value is -0.460. The fourth-order valence-electron chi connectivity index (χ4n) is 0.201. The van der Waals surface area contributed by atoms with Gasteiger partial charge < -0.3 is 4.74 Å². The number of unbranched alkanes of at least 4 members (excludes halogenated alkanes) is 1. The molecule has 0 bridgehead atoms. The standard InChI is InChI=1S/C5H10O.C4H10/c1-3-5-6-4-2;1-3-4-2/h4H,2-3,5H2,1H3;3-4H2,1-2H3. The Morgan fingerprint density at radius 2 is 1.60 bits per heavy atom. The molecule has 0 aromatic rings. The fraction of sp³-hybridized carbons (Fsp3) is 0.778. The predicted molar refractivity (Wildman–Crippen MR) is 47.0 cm³/mol. The highest BCUT2D eigenvalue weighted by molar-refractivity contribution is 4.46. The molecule has 0 saturated heterocycles. The molecule has 0 aliphatic rings. The first kappa shape index (κ1) is 12.2. The topological polar surface area (TPSA) is 9.23 Å². The summed E-state index contributed by atoms with van der Waals surface area (Å²) in [5.41, 5.74) is 0. The van der Waals surface area contributed by atoms with Crippen LogP contribution >= 0.6 is 0 Å². The van der Waals surface area contributed by atoms with Crippen molar-refractivity contribution >= 4 is 0 Å². The Balaban J connectivity index is 0. The van der Waals surface area contributed by atoms with Crippen molar-refractivity contribution in [3.05, 3.63) is 12.8 Å². The van der Waals surface area contributed by atoms with E-state index in [9.17, 15) is 0 Å². The Morgan fingerprint density at radius 3 is 1.70 bits per heavy atom. The number of ether oxygens (including phenoxy) is 1. The van der Waals surface area contributed by atoms with E-state index in [0.717, 1.165) is 13.0 Å². The second kappa shape index (κ2) is 15.8. The van der Waals surface area contributed by atoms with Crippen LogP contribution in [-0.2, 0) is 4.74 Å². The minimum atomic E-state index is 0.795. The van der Waals surface area contributed by atoms with Gasteiger partial charge in [0, 0.05) is 0 Å². The van der Waals surface area contributed by atoms with E-state index in [4.69, 9.17) is 4.74 Å². The highest BCUT2D eigenvalue weighted by Crippen LogP contribution is 1.77. The first-order valence-corrected chi connectivity index (χ1v) is 4.05. The monoisotopic (exact) mass is 144 g/mol. The molecular formula is C9H20O. The number of hydrogen-bond acceptors (Lipinski definition) is 1. The molecule has 0 amide bonds. The van der Waals surface area contributed by atoms with Gasteiger partial charge >= 0.3 is 0 Å². The van der Waals surface area contributed by atoms with Gasteiger partial charge in [0.1, 0.15) is 0 Å². The lowest BCUT2D eigenvalue weighted by Gasteiger charge is -1.90. The zero-order valence-electron chi connectivity index (χ0n) is 7.52.